The minimum absolute atomic E-state index is 0.191. The summed E-state index contributed by atoms with van der Waals surface area (Å²) < 4.78 is 28.2. The van der Waals surface area contributed by atoms with Crippen molar-refractivity contribution in [2.45, 2.75) is 9.79 Å². The second-order valence-corrected chi connectivity index (χ2v) is 11.4. The number of nitrogens with zero attached hydrogens (tertiary/aromatic N) is 3. The molecule has 1 aliphatic heterocycles. The van der Waals surface area contributed by atoms with Gasteiger partial charge in [0, 0.05) is 34.3 Å². The van der Waals surface area contributed by atoms with Gasteiger partial charge in [-0.3, -0.25) is 19.2 Å². The number of hydrogen-bond donors (Lipinski definition) is 0. The normalized spacial score (nSPS) is 13.9. The van der Waals surface area contributed by atoms with Gasteiger partial charge in [0.15, 0.2) is 0 Å². The summed E-state index contributed by atoms with van der Waals surface area (Å²) >= 11 is 0. The molecule has 1 aliphatic rings. The number of rotatable bonds is 1. The molecule has 7 heteroatoms. The highest BCUT2D eigenvalue weighted by atomic mass is 32.2. The molecule has 0 saturated heterocycles. The van der Waals surface area contributed by atoms with E-state index in [2.05, 4.69) is 16.5 Å². The summed E-state index contributed by atoms with van der Waals surface area (Å²) in [5, 5.41) is 2.79. The second-order valence-electron chi connectivity index (χ2n) is 9.52. The first-order valence-corrected chi connectivity index (χ1v) is 13.5. The van der Waals surface area contributed by atoms with Gasteiger partial charge in [-0.1, -0.05) is 49.0 Å². The Kier molecular flexibility index (Phi) is 3.97. The zero-order chi connectivity index (χ0) is 25.8. The molecule has 6 nitrogen and oxygen atoms in total. The third-order valence-electron chi connectivity index (χ3n) is 7.53. The average Bonchev–Trinajstić information content (AvgIpc) is 3.28. The molecule has 0 aliphatic carbocycles. The predicted octanol–water partition coefficient (Wildman–Crippen LogP) is 5.16. The van der Waals surface area contributed by atoms with E-state index in [-0.39, 0.29) is 5.56 Å². The van der Waals surface area contributed by atoms with Gasteiger partial charge in [-0.15, -0.1) is 0 Å². The lowest BCUT2D eigenvalue weighted by Gasteiger charge is -2.06. The Hall–Kier alpha value is -4.88. The molecule has 180 valence electrons. The van der Waals surface area contributed by atoms with E-state index in [1.807, 2.05) is 48.5 Å². The van der Waals surface area contributed by atoms with Crippen molar-refractivity contribution in [3.05, 3.63) is 107 Å². The van der Waals surface area contributed by atoms with E-state index in [0.717, 1.165) is 38.5 Å². The van der Waals surface area contributed by atoms with Crippen LogP contribution in [0.15, 0.2) is 106 Å². The van der Waals surface area contributed by atoms with Gasteiger partial charge in [0.2, 0.25) is 9.84 Å². The SMILES string of the molecule is C=c1cccnc2c1c(=O)n1c3ccc(-c4ccc5c(c4)S(=O)(=O)c4ccccc4-5)cc3c3ccnc2c31. The quantitative estimate of drug-likeness (QED) is 0.304. The standard InChI is InChI=1S/C31H17N3O3S/c1-17-5-4-13-32-28-27(17)31(35)34-24-11-9-18(15-23(24)22-12-14-33-29(28)30(22)34)19-8-10-21-20-6-2-3-7-25(20)38(36,37)26(21)16-19/h2-16H,1H2. The first-order chi connectivity index (χ1) is 18.4. The molecule has 5 heterocycles. The van der Waals surface area contributed by atoms with Crippen molar-refractivity contribution in [2.24, 2.45) is 0 Å². The van der Waals surface area contributed by atoms with Crippen LogP contribution in [0.1, 0.15) is 0 Å². The van der Waals surface area contributed by atoms with Gasteiger partial charge in [0.25, 0.3) is 5.56 Å². The Bertz CT molecular complexity index is 2410. The van der Waals surface area contributed by atoms with Crippen LogP contribution in [0.3, 0.4) is 0 Å². The Balaban J connectivity index is 1.43. The molecule has 0 spiro atoms. The van der Waals surface area contributed by atoms with Crippen LogP contribution in [0, 0.1) is 0 Å². The first kappa shape index (κ1) is 21.2. The summed E-state index contributed by atoms with van der Waals surface area (Å²) in [7, 11) is -3.59. The maximum atomic E-state index is 13.8. The minimum Gasteiger partial charge on any atom is -0.273 e. The second kappa shape index (κ2) is 7.12. The van der Waals surface area contributed by atoms with Crippen molar-refractivity contribution in [3.8, 4) is 22.3 Å². The molecular formula is C31H17N3O3S. The summed E-state index contributed by atoms with van der Waals surface area (Å²) in [6.07, 6.45) is 3.38. The molecule has 38 heavy (non-hydrogen) atoms. The number of aromatic nitrogens is 3. The largest absolute Gasteiger partial charge is 0.273 e. The van der Waals surface area contributed by atoms with Crippen molar-refractivity contribution in [1.82, 2.24) is 14.4 Å². The fourth-order valence-electron chi connectivity index (χ4n) is 5.82. The molecule has 0 amide bonds. The molecule has 8 rings (SSSR count). The molecule has 4 aromatic heterocycles. The lowest BCUT2D eigenvalue weighted by Crippen LogP contribution is -2.18. The summed E-state index contributed by atoms with van der Waals surface area (Å²) in [4.78, 5) is 23.6. The molecule has 0 radical (unpaired) electrons. The van der Waals surface area contributed by atoms with Gasteiger partial charge < -0.3 is 0 Å². The van der Waals surface area contributed by atoms with Crippen molar-refractivity contribution in [3.63, 3.8) is 0 Å². The maximum Gasteiger partial charge on any atom is 0.265 e. The van der Waals surface area contributed by atoms with Crippen LogP contribution < -0.4 is 10.8 Å². The smallest absolute Gasteiger partial charge is 0.265 e. The molecule has 0 bridgehead atoms. The summed E-state index contributed by atoms with van der Waals surface area (Å²) in [5.41, 5.74) is 5.52. The Labute approximate surface area is 216 Å². The summed E-state index contributed by atoms with van der Waals surface area (Å²) in [6.45, 7) is 4.08. The van der Waals surface area contributed by atoms with Crippen molar-refractivity contribution >= 4 is 54.6 Å². The van der Waals surface area contributed by atoms with Gasteiger partial charge in [0.05, 0.1) is 26.2 Å². The van der Waals surface area contributed by atoms with Gasteiger partial charge in [-0.2, -0.15) is 0 Å². The third kappa shape index (κ3) is 2.55. The number of fused-ring (bicyclic) bond motifs is 8. The highest BCUT2D eigenvalue weighted by molar-refractivity contribution is 7.92. The van der Waals surface area contributed by atoms with Crippen LogP contribution in [0.4, 0.5) is 0 Å². The van der Waals surface area contributed by atoms with Crippen LogP contribution in [0.2, 0.25) is 0 Å². The lowest BCUT2D eigenvalue weighted by molar-refractivity contribution is 0.598. The van der Waals surface area contributed by atoms with Crippen LogP contribution in [-0.2, 0) is 9.84 Å². The zero-order valence-corrected chi connectivity index (χ0v) is 20.7. The average molecular weight is 512 g/mol. The van der Waals surface area contributed by atoms with Crippen LogP contribution in [-0.4, -0.2) is 22.8 Å². The third-order valence-corrected chi connectivity index (χ3v) is 9.38. The van der Waals surface area contributed by atoms with Crippen LogP contribution in [0.25, 0.3) is 67.1 Å². The van der Waals surface area contributed by atoms with E-state index >= 15 is 0 Å². The van der Waals surface area contributed by atoms with Crippen LogP contribution >= 0.6 is 0 Å². The minimum atomic E-state index is -3.59. The molecular weight excluding hydrogens is 494 g/mol. The first-order valence-electron chi connectivity index (χ1n) is 12.1. The molecule has 3 aromatic carbocycles. The van der Waals surface area contributed by atoms with E-state index in [1.54, 1.807) is 47.1 Å². The van der Waals surface area contributed by atoms with Gasteiger partial charge >= 0.3 is 0 Å². The summed E-state index contributed by atoms with van der Waals surface area (Å²) in [5.74, 6) is 0. The topological polar surface area (TPSA) is 81.4 Å². The number of pyridine rings is 2. The summed E-state index contributed by atoms with van der Waals surface area (Å²) in [6, 6.07) is 23.9. The lowest BCUT2D eigenvalue weighted by atomic mass is 9.99. The number of benzene rings is 3. The van der Waals surface area contributed by atoms with E-state index in [4.69, 9.17) is 0 Å². The highest BCUT2D eigenvalue weighted by Crippen LogP contribution is 2.44. The molecule has 0 unspecified atom stereocenters. The maximum absolute atomic E-state index is 13.8. The fourth-order valence-corrected chi connectivity index (χ4v) is 7.54. The molecule has 0 saturated carbocycles. The molecule has 0 N–H and O–H groups in total. The van der Waals surface area contributed by atoms with Crippen LogP contribution in [0.5, 0.6) is 0 Å². The number of hydrogen-bond acceptors (Lipinski definition) is 5. The van der Waals surface area contributed by atoms with Crippen molar-refractivity contribution < 1.29 is 8.42 Å². The Morgan fingerprint density at radius 2 is 1.47 bits per heavy atom. The Morgan fingerprint density at radius 1 is 0.711 bits per heavy atom. The van der Waals surface area contributed by atoms with Gasteiger partial charge in [-0.25, -0.2) is 8.42 Å². The molecule has 7 aromatic rings. The van der Waals surface area contributed by atoms with E-state index in [0.29, 0.717) is 36.9 Å². The van der Waals surface area contributed by atoms with E-state index in [9.17, 15) is 13.2 Å². The van der Waals surface area contributed by atoms with E-state index in [1.165, 1.54) is 0 Å². The fraction of sp³-hybridized carbons (Fsp3) is 0. The Morgan fingerprint density at radius 3 is 2.37 bits per heavy atom. The molecule has 0 fully saturated rings. The number of sulfone groups is 1. The zero-order valence-electron chi connectivity index (χ0n) is 19.8. The monoisotopic (exact) mass is 511 g/mol. The predicted molar refractivity (Wildman–Crippen MR) is 149 cm³/mol. The van der Waals surface area contributed by atoms with Crippen molar-refractivity contribution in [2.75, 3.05) is 0 Å². The van der Waals surface area contributed by atoms with Crippen molar-refractivity contribution in [1.29, 1.82) is 0 Å². The molecule has 0 atom stereocenters. The van der Waals surface area contributed by atoms with Gasteiger partial charge in [0.1, 0.15) is 11.0 Å². The van der Waals surface area contributed by atoms with Gasteiger partial charge in [-0.05, 0) is 52.7 Å². The highest BCUT2D eigenvalue weighted by Gasteiger charge is 2.32. The van der Waals surface area contributed by atoms with E-state index < -0.39 is 9.84 Å².